The lowest BCUT2D eigenvalue weighted by Gasteiger charge is -2.34. The van der Waals surface area contributed by atoms with E-state index in [1.54, 1.807) is 11.8 Å². The van der Waals surface area contributed by atoms with Gasteiger partial charge in [-0.3, -0.25) is 9.69 Å². The van der Waals surface area contributed by atoms with E-state index in [-0.39, 0.29) is 5.91 Å². The Bertz CT molecular complexity index is 1200. The van der Waals surface area contributed by atoms with Gasteiger partial charge in [-0.25, -0.2) is 4.98 Å². The van der Waals surface area contributed by atoms with Gasteiger partial charge in [0.15, 0.2) is 0 Å². The van der Waals surface area contributed by atoms with Gasteiger partial charge in [0.05, 0.1) is 11.3 Å². The maximum Gasteiger partial charge on any atom is 0.233 e. The molecule has 3 aromatic carbocycles. The first-order valence-electron chi connectivity index (χ1n) is 10.7. The number of pyridine rings is 1. The summed E-state index contributed by atoms with van der Waals surface area (Å²) in [5, 5.41) is 4.40. The van der Waals surface area contributed by atoms with Crippen LogP contribution in [-0.4, -0.2) is 52.6 Å². The SMILES string of the molecule is O=C(CSc1nc2ccccc2c2ccccc12)N1CCN(Cc2ccccc2)CC1. The number of hydrogen-bond acceptors (Lipinski definition) is 4. The quantitative estimate of drug-likeness (QED) is 0.338. The number of nitrogens with zero attached hydrogens (tertiary/aromatic N) is 3. The topological polar surface area (TPSA) is 36.4 Å². The largest absolute Gasteiger partial charge is 0.339 e. The number of carbonyl (C=O) groups excluding carboxylic acids is 1. The fourth-order valence-corrected chi connectivity index (χ4v) is 5.14. The van der Waals surface area contributed by atoms with Crippen LogP contribution in [0.4, 0.5) is 0 Å². The minimum absolute atomic E-state index is 0.198. The molecule has 31 heavy (non-hydrogen) atoms. The molecule has 5 rings (SSSR count). The molecule has 0 radical (unpaired) electrons. The number of rotatable bonds is 5. The minimum atomic E-state index is 0.198. The van der Waals surface area contributed by atoms with Crippen LogP contribution in [0.3, 0.4) is 0 Å². The Kier molecular flexibility index (Phi) is 5.87. The van der Waals surface area contributed by atoms with E-state index >= 15 is 0 Å². The van der Waals surface area contributed by atoms with Gasteiger partial charge in [-0.15, -0.1) is 0 Å². The molecule has 0 saturated carbocycles. The number of amides is 1. The zero-order valence-corrected chi connectivity index (χ0v) is 18.2. The second kappa shape index (κ2) is 9.08. The average Bonchev–Trinajstić information content (AvgIpc) is 2.83. The molecule has 0 spiro atoms. The second-order valence-corrected chi connectivity index (χ2v) is 8.87. The van der Waals surface area contributed by atoms with Gasteiger partial charge in [0, 0.05) is 43.5 Å². The third-order valence-electron chi connectivity index (χ3n) is 5.88. The molecule has 1 fully saturated rings. The summed E-state index contributed by atoms with van der Waals surface area (Å²) < 4.78 is 0. The van der Waals surface area contributed by atoms with E-state index in [2.05, 4.69) is 53.4 Å². The molecule has 1 aliphatic heterocycles. The minimum Gasteiger partial charge on any atom is -0.339 e. The van der Waals surface area contributed by atoms with Gasteiger partial charge in [0.1, 0.15) is 5.03 Å². The van der Waals surface area contributed by atoms with Crippen LogP contribution >= 0.6 is 11.8 Å². The van der Waals surface area contributed by atoms with E-state index in [1.165, 1.54) is 10.9 Å². The fourth-order valence-electron chi connectivity index (χ4n) is 4.20. The molecule has 0 unspecified atom stereocenters. The highest BCUT2D eigenvalue weighted by molar-refractivity contribution is 8.00. The number of aromatic nitrogens is 1. The van der Waals surface area contributed by atoms with Gasteiger partial charge < -0.3 is 4.90 Å². The Morgan fingerprint density at radius 3 is 2.19 bits per heavy atom. The molecule has 0 N–H and O–H groups in total. The molecule has 1 amide bonds. The highest BCUT2D eigenvalue weighted by Crippen LogP contribution is 2.31. The molecule has 0 aliphatic carbocycles. The van der Waals surface area contributed by atoms with Gasteiger partial charge in [-0.2, -0.15) is 0 Å². The molecule has 1 aliphatic rings. The van der Waals surface area contributed by atoms with Gasteiger partial charge in [0.2, 0.25) is 5.91 Å². The monoisotopic (exact) mass is 427 g/mol. The molecule has 1 aromatic heterocycles. The van der Waals surface area contributed by atoms with Gasteiger partial charge in [-0.1, -0.05) is 84.6 Å². The summed E-state index contributed by atoms with van der Waals surface area (Å²) >= 11 is 1.55. The summed E-state index contributed by atoms with van der Waals surface area (Å²) in [6, 6.07) is 27.1. The molecule has 5 heteroatoms. The highest BCUT2D eigenvalue weighted by Gasteiger charge is 2.21. The van der Waals surface area contributed by atoms with Crippen molar-refractivity contribution < 1.29 is 4.79 Å². The summed E-state index contributed by atoms with van der Waals surface area (Å²) in [5.74, 6) is 0.622. The van der Waals surface area contributed by atoms with Crippen molar-refractivity contribution in [3.8, 4) is 0 Å². The van der Waals surface area contributed by atoms with Crippen molar-refractivity contribution in [1.82, 2.24) is 14.8 Å². The van der Waals surface area contributed by atoms with Crippen molar-refractivity contribution in [1.29, 1.82) is 0 Å². The standard InChI is InChI=1S/C26H25N3OS/c30-25(29-16-14-28(15-17-29)18-20-8-2-1-3-9-20)19-31-26-23-12-5-4-10-21(23)22-11-6-7-13-24(22)27-26/h1-13H,14-19H2. The number of carbonyl (C=O) groups is 1. The maximum absolute atomic E-state index is 12.9. The molecule has 2 heterocycles. The van der Waals surface area contributed by atoms with E-state index in [9.17, 15) is 4.79 Å². The molecule has 4 nitrogen and oxygen atoms in total. The Labute approximate surface area is 186 Å². The molecule has 0 bridgehead atoms. The van der Waals surface area contributed by atoms with E-state index in [4.69, 9.17) is 4.98 Å². The average molecular weight is 428 g/mol. The van der Waals surface area contributed by atoms with Crippen LogP contribution in [0.1, 0.15) is 5.56 Å². The van der Waals surface area contributed by atoms with Crippen molar-refractivity contribution in [3.05, 3.63) is 84.4 Å². The summed E-state index contributed by atoms with van der Waals surface area (Å²) in [7, 11) is 0. The molecule has 1 saturated heterocycles. The Morgan fingerprint density at radius 2 is 1.42 bits per heavy atom. The van der Waals surface area contributed by atoms with Crippen molar-refractivity contribution in [2.24, 2.45) is 0 Å². The first kappa shape index (κ1) is 20.0. The zero-order valence-electron chi connectivity index (χ0n) is 17.4. The van der Waals surface area contributed by atoms with Crippen LogP contribution < -0.4 is 0 Å². The van der Waals surface area contributed by atoms with E-state index in [0.717, 1.165) is 54.0 Å². The smallest absolute Gasteiger partial charge is 0.233 e. The Hall–Kier alpha value is -2.89. The van der Waals surface area contributed by atoms with Crippen LogP contribution in [0.25, 0.3) is 21.7 Å². The predicted molar refractivity (Wildman–Crippen MR) is 128 cm³/mol. The predicted octanol–water partition coefficient (Wildman–Crippen LogP) is 4.82. The summed E-state index contributed by atoms with van der Waals surface area (Å²) in [5.41, 5.74) is 2.30. The van der Waals surface area contributed by atoms with Crippen LogP contribution in [0.15, 0.2) is 83.9 Å². The van der Waals surface area contributed by atoms with Crippen molar-refractivity contribution in [2.75, 3.05) is 31.9 Å². The van der Waals surface area contributed by atoms with Crippen LogP contribution in [0.2, 0.25) is 0 Å². The number of fused-ring (bicyclic) bond motifs is 3. The van der Waals surface area contributed by atoms with E-state index < -0.39 is 0 Å². The lowest BCUT2D eigenvalue weighted by Crippen LogP contribution is -2.48. The van der Waals surface area contributed by atoms with E-state index in [0.29, 0.717) is 5.75 Å². The molecular formula is C26H25N3OS. The van der Waals surface area contributed by atoms with Crippen LogP contribution in [0, 0.1) is 0 Å². The fraction of sp³-hybridized carbons (Fsp3) is 0.231. The Balaban J connectivity index is 1.23. The molecule has 4 aromatic rings. The Morgan fingerprint density at radius 1 is 0.774 bits per heavy atom. The molecule has 0 atom stereocenters. The van der Waals surface area contributed by atoms with Crippen molar-refractivity contribution in [2.45, 2.75) is 11.6 Å². The van der Waals surface area contributed by atoms with E-state index in [1.807, 2.05) is 35.2 Å². The summed E-state index contributed by atoms with van der Waals surface area (Å²) in [4.78, 5) is 22.2. The molecule has 156 valence electrons. The third kappa shape index (κ3) is 4.43. The highest BCUT2D eigenvalue weighted by atomic mass is 32.2. The van der Waals surface area contributed by atoms with Crippen molar-refractivity contribution >= 4 is 39.3 Å². The number of benzene rings is 3. The lowest BCUT2D eigenvalue weighted by atomic mass is 10.1. The molecular weight excluding hydrogens is 402 g/mol. The number of para-hydroxylation sites is 1. The second-order valence-electron chi connectivity index (χ2n) is 7.91. The normalized spacial score (nSPS) is 14.9. The number of hydrogen-bond donors (Lipinski definition) is 0. The van der Waals surface area contributed by atoms with Crippen molar-refractivity contribution in [3.63, 3.8) is 0 Å². The van der Waals surface area contributed by atoms with Gasteiger partial charge in [0.25, 0.3) is 0 Å². The maximum atomic E-state index is 12.9. The van der Waals surface area contributed by atoms with Crippen LogP contribution in [0.5, 0.6) is 0 Å². The number of thioether (sulfide) groups is 1. The zero-order chi connectivity index (χ0) is 21.0. The summed E-state index contributed by atoms with van der Waals surface area (Å²) in [6.45, 7) is 4.37. The van der Waals surface area contributed by atoms with Gasteiger partial charge in [-0.05, 0) is 17.0 Å². The van der Waals surface area contributed by atoms with Gasteiger partial charge >= 0.3 is 0 Å². The first-order chi connectivity index (χ1) is 15.3. The third-order valence-corrected chi connectivity index (χ3v) is 6.86. The number of piperazine rings is 1. The van der Waals surface area contributed by atoms with Crippen LogP contribution in [-0.2, 0) is 11.3 Å². The first-order valence-corrected chi connectivity index (χ1v) is 11.7. The summed E-state index contributed by atoms with van der Waals surface area (Å²) in [6.07, 6.45) is 0. The lowest BCUT2D eigenvalue weighted by molar-refractivity contribution is -0.130.